The molecule has 3 heteroatoms. The van der Waals surface area contributed by atoms with Gasteiger partial charge in [0.2, 0.25) is 5.91 Å². The molecular weight excluding hydrogens is 166 g/mol. The highest BCUT2D eigenvalue weighted by molar-refractivity contribution is 5.74. The van der Waals surface area contributed by atoms with Gasteiger partial charge in [-0.25, -0.2) is 5.48 Å². The van der Waals surface area contributed by atoms with Crippen molar-refractivity contribution in [3.63, 3.8) is 0 Å². The Bertz CT molecular complexity index is 153. The Morgan fingerprint density at radius 3 is 2.62 bits per heavy atom. The molecule has 1 saturated carbocycles. The summed E-state index contributed by atoms with van der Waals surface area (Å²) in [5.74, 6) is 0.580. The molecule has 0 aromatic carbocycles. The molecule has 0 radical (unpaired) electrons. The first-order valence-electron chi connectivity index (χ1n) is 5.26. The minimum Gasteiger partial charge on any atom is -0.289 e. The van der Waals surface area contributed by atoms with Crippen LogP contribution in [0.5, 0.6) is 0 Å². The van der Waals surface area contributed by atoms with E-state index >= 15 is 0 Å². The molecule has 1 rings (SSSR count). The topological polar surface area (TPSA) is 49.3 Å². The van der Waals surface area contributed by atoms with Crippen molar-refractivity contribution in [2.75, 3.05) is 0 Å². The van der Waals surface area contributed by atoms with Crippen LogP contribution in [0.15, 0.2) is 0 Å². The van der Waals surface area contributed by atoms with Crippen molar-refractivity contribution in [1.82, 2.24) is 5.48 Å². The molecule has 0 bridgehead atoms. The molecule has 3 nitrogen and oxygen atoms in total. The summed E-state index contributed by atoms with van der Waals surface area (Å²) in [5, 5.41) is 8.27. The van der Waals surface area contributed by atoms with Gasteiger partial charge >= 0.3 is 0 Å². The van der Waals surface area contributed by atoms with Gasteiger partial charge in [0, 0.05) is 6.42 Å². The second-order valence-corrected chi connectivity index (χ2v) is 3.93. The molecule has 2 N–H and O–H groups in total. The third-order valence-corrected chi connectivity index (χ3v) is 2.87. The van der Waals surface area contributed by atoms with Crippen molar-refractivity contribution in [3.8, 4) is 0 Å². The molecule has 0 spiro atoms. The highest BCUT2D eigenvalue weighted by Gasteiger charge is 2.13. The molecule has 13 heavy (non-hydrogen) atoms. The highest BCUT2D eigenvalue weighted by atomic mass is 16.5. The van der Waals surface area contributed by atoms with Gasteiger partial charge in [-0.1, -0.05) is 32.1 Å². The predicted molar refractivity (Wildman–Crippen MR) is 50.4 cm³/mol. The zero-order valence-electron chi connectivity index (χ0n) is 8.09. The lowest BCUT2D eigenvalue weighted by Gasteiger charge is -2.20. The quantitative estimate of drug-likeness (QED) is 0.521. The van der Waals surface area contributed by atoms with E-state index in [1.807, 2.05) is 0 Å². The standard InChI is InChI=1S/C10H19NO2/c12-10(11-13)8-4-7-9-5-2-1-3-6-9/h9,13H,1-8H2,(H,11,12). The molecular formula is C10H19NO2. The van der Waals surface area contributed by atoms with Crippen molar-refractivity contribution in [3.05, 3.63) is 0 Å². The van der Waals surface area contributed by atoms with Crippen molar-refractivity contribution >= 4 is 5.91 Å². The fraction of sp³-hybridized carbons (Fsp3) is 0.900. The number of carbonyl (C=O) groups is 1. The third kappa shape index (κ3) is 4.27. The monoisotopic (exact) mass is 185 g/mol. The van der Waals surface area contributed by atoms with Gasteiger partial charge in [-0.3, -0.25) is 10.0 Å². The van der Waals surface area contributed by atoms with Gasteiger partial charge in [0.15, 0.2) is 0 Å². The maximum absolute atomic E-state index is 10.7. The molecule has 1 aliphatic rings. The molecule has 0 aromatic rings. The number of amides is 1. The second kappa shape index (κ2) is 5.97. The largest absolute Gasteiger partial charge is 0.289 e. The van der Waals surface area contributed by atoms with Gasteiger partial charge in [-0.05, 0) is 18.8 Å². The zero-order chi connectivity index (χ0) is 9.52. The van der Waals surface area contributed by atoms with Crippen molar-refractivity contribution in [2.24, 2.45) is 5.92 Å². The van der Waals surface area contributed by atoms with Crippen molar-refractivity contribution < 1.29 is 10.0 Å². The first kappa shape index (κ1) is 10.5. The van der Waals surface area contributed by atoms with E-state index in [0.29, 0.717) is 6.42 Å². The Kier molecular flexibility index (Phi) is 4.83. The summed E-state index contributed by atoms with van der Waals surface area (Å²) in [5.41, 5.74) is 1.66. The number of rotatable bonds is 4. The molecule has 0 heterocycles. The van der Waals surface area contributed by atoms with Crippen LogP contribution in [0.2, 0.25) is 0 Å². The molecule has 0 unspecified atom stereocenters. The van der Waals surface area contributed by atoms with Crippen LogP contribution in [0, 0.1) is 5.92 Å². The van der Waals surface area contributed by atoms with Gasteiger partial charge in [0.05, 0.1) is 0 Å². The smallest absolute Gasteiger partial charge is 0.243 e. The number of hydrogen-bond acceptors (Lipinski definition) is 2. The third-order valence-electron chi connectivity index (χ3n) is 2.87. The average Bonchev–Trinajstić information content (AvgIpc) is 2.19. The number of hydrogen-bond donors (Lipinski definition) is 2. The number of carbonyl (C=O) groups excluding carboxylic acids is 1. The summed E-state index contributed by atoms with van der Waals surface area (Å²) in [7, 11) is 0. The van der Waals surface area contributed by atoms with E-state index in [-0.39, 0.29) is 5.91 Å². The fourth-order valence-electron chi connectivity index (χ4n) is 2.08. The van der Waals surface area contributed by atoms with Crippen LogP contribution in [0.4, 0.5) is 0 Å². The minimum atomic E-state index is -0.254. The van der Waals surface area contributed by atoms with E-state index in [1.165, 1.54) is 32.1 Å². The Morgan fingerprint density at radius 2 is 2.00 bits per heavy atom. The van der Waals surface area contributed by atoms with Gasteiger partial charge in [-0.15, -0.1) is 0 Å². The van der Waals surface area contributed by atoms with Gasteiger partial charge < -0.3 is 0 Å². The summed E-state index contributed by atoms with van der Waals surface area (Å²) < 4.78 is 0. The van der Waals surface area contributed by atoms with E-state index in [2.05, 4.69) is 0 Å². The predicted octanol–water partition coefficient (Wildman–Crippen LogP) is 2.24. The summed E-state index contributed by atoms with van der Waals surface area (Å²) in [4.78, 5) is 10.7. The normalized spacial score (nSPS) is 18.5. The average molecular weight is 185 g/mol. The maximum Gasteiger partial charge on any atom is 0.243 e. The Labute approximate surface area is 79.5 Å². The van der Waals surface area contributed by atoms with Gasteiger partial charge in [0.1, 0.15) is 0 Å². The Hall–Kier alpha value is -0.570. The van der Waals surface area contributed by atoms with Crippen LogP contribution in [0.25, 0.3) is 0 Å². The summed E-state index contributed by atoms with van der Waals surface area (Å²) >= 11 is 0. The molecule has 0 aromatic heterocycles. The summed E-state index contributed by atoms with van der Waals surface area (Å²) in [6.07, 6.45) is 9.29. The zero-order valence-corrected chi connectivity index (χ0v) is 8.09. The summed E-state index contributed by atoms with van der Waals surface area (Å²) in [6, 6.07) is 0. The molecule has 1 amide bonds. The molecule has 1 aliphatic carbocycles. The second-order valence-electron chi connectivity index (χ2n) is 3.93. The first-order chi connectivity index (χ1) is 6.33. The van der Waals surface area contributed by atoms with Crippen molar-refractivity contribution in [2.45, 2.75) is 51.4 Å². The van der Waals surface area contributed by atoms with E-state index in [9.17, 15) is 4.79 Å². The lowest BCUT2D eigenvalue weighted by molar-refractivity contribution is -0.129. The lowest BCUT2D eigenvalue weighted by atomic mass is 9.86. The minimum absolute atomic E-state index is 0.254. The molecule has 0 atom stereocenters. The van der Waals surface area contributed by atoms with Gasteiger partial charge in [0.25, 0.3) is 0 Å². The van der Waals surface area contributed by atoms with Crippen LogP contribution in [0.3, 0.4) is 0 Å². The van der Waals surface area contributed by atoms with E-state index < -0.39 is 0 Å². The fourth-order valence-corrected chi connectivity index (χ4v) is 2.08. The van der Waals surface area contributed by atoms with Crippen LogP contribution in [-0.2, 0) is 4.79 Å². The molecule has 76 valence electrons. The number of hydroxylamine groups is 1. The number of nitrogens with one attached hydrogen (secondary N) is 1. The molecule has 0 aliphatic heterocycles. The Morgan fingerprint density at radius 1 is 1.31 bits per heavy atom. The van der Waals surface area contributed by atoms with Crippen LogP contribution in [-0.4, -0.2) is 11.1 Å². The van der Waals surface area contributed by atoms with E-state index in [0.717, 1.165) is 18.8 Å². The SMILES string of the molecule is O=C(CCCC1CCCCC1)NO. The van der Waals surface area contributed by atoms with Gasteiger partial charge in [-0.2, -0.15) is 0 Å². The first-order valence-corrected chi connectivity index (χ1v) is 5.26. The molecule has 1 fully saturated rings. The van der Waals surface area contributed by atoms with E-state index in [4.69, 9.17) is 5.21 Å². The molecule has 0 saturated heterocycles. The summed E-state index contributed by atoms with van der Waals surface area (Å²) in [6.45, 7) is 0. The highest BCUT2D eigenvalue weighted by Crippen LogP contribution is 2.27. The lowest BCUT2D eigenvalue weighted by Crippen LogP contribution is -2.18. The van der Waals surface area contributed by atoms with Crippen LogP contribution < -0.4 is 5.48 Å². The van der Waals surface area contributed by atoms with Crippen LogP contribution >= 0.6 is 0 Å². The van der Waals surface area contributed by atoms with Crippen molar-refractivity contribution in [1.29, 1.82) is 0 Å². The van der Waals surface area contributed by atoms with Crippen LogP contribution in [0.1, 0.15) is 51.4 Å². The maximum atomic E-state index is 10.7. The Balaban J connectivity index is 2.01. The van der Waals surface area contributed by atoms with E-state index in [1.54, 1.807) is 5.48 Å².